The minimum absolute atomic E-state index is 0.0437. The van der Waals surface area contributed by atoms with Crippen LogP contribution in [0, 0.1) is 5.92 Å². The van der Waals surface area contributed by atoms with Gasteiger partial charge >= 0.3 is 12.0 Å². The summed E-state index contributed by atoms with van der Waals surface area (Å²) in [7, 11) is 0. The molecule has 0 radical (unpaired) electrons. The highest BCUT2D eigenvalue weighted by atomic mass is 16.4. The molecule has 0 aliphatic carbocycles. The van der Waals surface area contributed by atoms with Crippen molar-refractivity contribution in [1.82, 2.24) is 10.2 Å². The lowest BCUT2D eigenvalue weighted by Gasteiger charge is -2.28. The molecule has 0 aromatic heterocycles. The number of nitrogens with two attached hydrogens (primary N) is 1. The maximum Gasteiger partial charge on any atom is 0.326 e. The van der Waals surface area contributed by atoms with Crippen molar-refractivity contribution in [3.63, 3.8) is 0 Å². The van der Waals surface area contributed by atoms with E-state index in [2.05, 4.69) is 5.32 Å². The van der Waals surface area contributed by atoms with E-state index >= 15 is 0 Å². The molecule has 5 N–H and O–H groups in total. The zero-order valence-electron chi connectivity index (χ0n) is 16.5. The third-order valence-electron chi connectivity index (χ3n) is 4.49. The van der Waals surface area contributed by atoms with Gasteiger partial charge < -0.3 is 26.2 Å². The van der Waals surface area contributed by atoms with E-state index in [1.165, 1.54) is 4.90 Å². The van der Waals surface area contributed by atoms with Crippen LogP contribution in [-0.4, -0.2) is 58.3 Å². The summed E-state index contributed by atoms with van der Waals surface area (Å²) >= 11 is 0. The molecule has 8 nitrogen and oxygen atoms in total. The van der Waals surface area contributed by atoms with E-state index in [1.807, 2.05) is 56.3 Å². The molecule has 0 bridgehead atoms. The van der Waals surface area contributed by atoms with Crippen LogP contribution in [0.2, 0.25) is 0 Å². The second kappa shape index (κ2) is 9.88. The molecule has 2 atom stereocenters. The molecule has 0 saturated carbocycles. The number of urea groups is 1. The standard InChI is InChI=1S/C21H27N3O5/c1-13(2)11-24(12-18(25)19(22)26)21(29)23-17(20(27)28)10-15-8-5-7-14-6-3-4-9-16(14)15/h3-9,13,17-18,25H,10-12H2,1-2H3,(H2,22,26)(H,23,29)(H,27,28)/t17-,18?/m0/s1. The van der Waals surface area contributed by atoms with Gasteiger partial charge in [0.25, 0.3) is 0 Å². The van der Waals surface area contributed by atoms with Crippen LogP contribution in [0.25, 0.3) is 10.8 Å². The third kappa shape index (κ3) is 6.18. The molecule has 2 aromatic rings. The molecule has 0 aliphatic heterocycles. The molecule has 0 fully saturated rings. The summed E-state index contributed by atoms with van der Waals surface area (Å²) in [5.41, 5.74) is 5.87. The van der Waals surface area contributed by atoms with Crippen molar-refractivity contribution in [3.8, 4) is 0 Å². The average molecular weight is 401 g/mol. The Kier molecular flexibility index (Phi) is 7.55. The van der Waals surface area contributed by atoms with Gasteiger partial charge in [-0.15, -0.1) is 0 Å². The molecule has 1 unspecified atom stereocenters. The van der Waals surface area contributed by atoms with Crippen LogP contribution in [-0.2, 0) is 16.0 Å². The first-order valence-electron chi connectivity index (χ1n) is 9.41. The summed E-state index contributed by atoms with van der Waals surface area (Å²) in [6.07, 6.45) is -1.43. The van der Waals surface area contributed by atoms with Crippen molar-refractivity contribution in [2.24, 2.45) is 11.7 Å². The number of aliphatic hydroxyl groups is 1. The number of carbonyl (C=O) groups is 3. The smallest absolute Gasteiger partial charge is 0.326 e. The minimum Gasteiger partial charge on any atom is -0.480 e. The number of nitrogens with zero attached hydrogens (tertiary/aromatic N) is 1. The van der Waals surface area contributed by atoms with Gasteiger partial charge in [0.15, 0.2) is 0 Å². The number of nitrogens with one attached hydrogen (secondary N) is 1. The van der Waals surface area contributed by atoms with Crippen molar-refractivity contribution in [2.75, 3.05) is 13.1 Å². The Morgan fingerprint density at radius 2 is 1.72 bits per heavy atom. The van der Waals surface area contributed by atoms with E-state index in [4.69, 9.17) is 5.73 Å². The molecular weight excluding hydrogens is 374 g/mol. The Bertz CT molecular complexity index is 878. The quantitative estimate of drug-likeness (QED) is 0.503. The van der Waals surface area contributed by atoms with Crippen molar-refractivity contribution < 1.29 is 24.6 Å². The van der Waals surface area contributed by atoms with Gasteiger partial charge in [-0.25, -0.2) is 9.59 Å². The van der Waals surface area contributed by atoms with Gasteiger partial charge in [-0.05, 0) is 22.3 Å². The molecule has 3 amide bonds. The lowest BCUT2D eigenvalue weighted by Crippen LogP contribution is -2.52. The Labute approximate surface area is 169 Å². The van der Waals surface area contributed by atoms with Gasteiger partial charge in [-0.3, -0.25) is 4.79 Å². The van der Waals surface area contributed by atoms with Crippen LogP contribution in [0.1, 0.15) is 19.4 Å². The van der Waals surface area contributed by atoms with Crippen LogP contribution in [0.5, 0.6) is 0 Å². The number of hydrogen-bond donors (Lipinski definition) is 4. The Morgan fingerprint density at radius 3 is 2.34 bits per heavy atom. The summed E-state index contributed by atoms with van der Waals surface area (Å²) < 4.78 is 0. The van der Waals surface area contributed by atoms with Gasteiger partial charge in [-0.1, -0.05) is 56.3 Å². The number of aliphatic carboxylic acids is 1. The first-order valence-corrected chi connectivity index (χ1v) is 9.41. The largest absolute Gasteiger partial charge is 0.480 e. The predicted octanol–water partition coefficient (Wildman–Crippen LogP) is 1.35. The zero-order chi connectivity index (χ0) is 21.6. The number of benzene rings is 2. The van der Waals surface area contributed by atoms with Gasteiger partial charge in [0.1, 0.15) is 12.1 Å². The lowest BCUT2D eigenvalue weighted by molar-refractivity contribution is -0.139. The van der Waals surface area contributed by atoms with Crippen molar-refractivity contribution in [2.45, 2.75) is 32.4 Å². The average Bonchev–Trinajstić information content (AvgIpc) is 2.66. The van der Waals surface area contributed by atoms with Crippen molar-refractivity contribution >= 4 is 28.7 Å². The van der Waals surface area contributed by atoms with Crippen LogP contribution < -0.4 is 11.1 Å². The number of primary amides is 1. The molecule has 2 aromatic carbocycles. The van der Waals surface area contributed by atoms with E-state index in [0.29, 0.717) is 0 Å². The van der Waals surface area contributed by atoms with Gasteiger partial charge in [0, 0.05) is 13.0 Å². The summed E-state index contributed by atoms with van der Waals surface area (Å²) in [5.74, 6) is -2.08. The topological polar surface area (TPSA) is 133 Å². The summed E-state index contributed by atoms with van der Waals surface area (Å²) in [5, 5.41) is 23.8. The summed E-state index contributed by atoms with van der Waals surface area (Å²) in [4.78, 5) is 36.9. The summed E-state index contributed by atoms with van der Waals surface area (Å²) in [6, 6.07) is 11.4. The molecular formula is C21H27N3O5. The minimum atomic E-state index is -1.53. The second-order valence-corrected chi connectivity index (χ2v) is 7.40. The molecule has 8 heteroatoms. The van der Waals surface area contributed by atoms with E-state index in [1.54, 1.807) is 0 Å². The molecule has 156 valence electrons. The molecule has 0 spiro atoms. The highest BCUT2D eigenvalue weighted by Crippen LogP contribution is 2.20. The predicted molar refractivity (Wildman–Crippen MR) is 109 cm³/mol. The number of carboxylic acid groups (broad SMARTS) is 1. The maximum absolute atomic E-state index is 12.7. The summed E-state index contributed by atoms with van der Waals surface area (Å²) in [6.45, 7) is 3.65. The van der Waals surface area contributed by atoms with E-state index in [9.17, 15) is 24.6 Å². The number of amides is 3. The molecule has 0 heterocycles. The Morgan fingerprint density at radius 1 is 1.07 bits per heavy atom. The molecule has 0 aliphatic rings. The fourth-order valence-corrected chi connectivity index (χ4v) is 3.11. The number of hydrogen-bond acceptors (Lipinski definition) is 4. The Balaban J connectivity index is 2.20. The van der Waals surface area contributed by atoms with Crippen molar-refractivity contribution in [3.05, 3.63) is 48.0 Å². The highest BCUT2D eigenvalue weighted by Gasteiger charge is 2.27. The van der Waals surface area contributed by atoms with Crippen LogP contribution in [0.4, 0.5) is 4.79 Å². The van der Waals surface area contributed by atoms with E-state index in [-0.39, 0.29) is 25.4 Å². The highest BCUT2D eigenvalue weighted by molar-refractivity contribution is 5.88. The normalized spacial score (nSPS) is 13.1. The van der Waals surface area contributed by atoms with Crippen LogP contribution in [0.15, 0.2) is 42.5 Å². The lowest BCUT2D eigenvalue weighted by atomic mass is 9.99. The first-order chi connectivity index (χ1) is 13.7. The zero-order valence-corrected chi connectivity index (χ0v) is 16.5. The van der Waals surface area contributed by atoms with Crippen LogP contribution in [0.3, 0.4) is 0 Å². The Hall–Kier alpha value is -3.13. The molecule has 29 heavy (non-hydrogen) atoms. The molecule has 2 rings (SSSR count). The van der Waals surface area contributed by atoms with Gasteiger partial charge in [0.05, 0.1) is 6.54 Å². The van der Waals surface area contributed by atoms with Crippen molar-refractivity contribution in [1.29, 1.82) is 0 Å². The second-order valence-electron chi connectivity index (χ2n) is 7.40. The first kappa shape index (κ1) is 22.2. The SMILES string of the molecule is CC(C)CN(CC(O)C(N)=O)C(=O)N[C@@H](Cc1cccc2ccccc12)C(=O)O. The van der Waals surface area contributed by atoms with E-state index in [0.717, 1.165) is 16.3 Å². The third-order valence-corrected chi connectivity index (χ3v) is 4.49. The van der Waals surface area contributed by atoms with Gasteiger partial charge in [0.2, 0.25) is 5.91 Å². The number of fused-ring (bicyclic) bond motifs is 1. The number of carboxylic acids is 1. The number of rotatable bonds is 9. The number of carbonyl (C=O) groups excluding carboxylic acids is 2. The fraction of sp³-hybridized carbons (Fsp3) is 0.381. The van der Waals surface area contributed by atoms with Gasteiger partial charge in [-0.2, -0.15) is 0 Å². The monoisotopic (exact) mass is 401 g/mol. The maximum atomic E-state index is 12.7. The fourth-order valence-electron chi connectivity index (χ4n) is 3.11. The molecule has 0 saturated heterocycles. The number of aliphatic hydroxyl groups excluding tert-OH is 1. The van der Waals surface area contributed by atoms with E-state index < -0.39 is 30.1 Å². The van der Waals surface area contributed by atoms with Crippen LogP contribution >= 0.6 is 0 Å².